The molecule has 0 spiro atoms. The molecule has 22 heavy (non-hydrogen) atoms. The molecule has 0 atom stereocenters. The number of hydrogen-bond acceptors (Lipinski definition) is 4. The molecule has 3 aromatic heterocycles. The summed E-state index contributed by atoms with van der Waals surface area (Å²) in [5, 5.41) is 12.3. The summed E-state index contributed by atoms with van der Waals surface area (Å²) < 4.78 is 1.71. The molecule has 0 aliphatic carbocycles. The van der Waals surface area contributed by atoms with E-state index in [9.17, 15) is 4.79 Å². The van der Waals surface area contributed by atoms with Crippen molar-refractivity contribution < 1.29 is 30.0 Å². The van der Waals surface area contributed by atoms with Gasteiger partial charge in [-0.25, -0.2) is 9.78 Å². The predicted molar refractivity (Wildman–Crippen MR) is 76.5 cm³/mol. The Hall–Kier alpha value is -2.37. The first-order chi connectivity index (χ1) is 10.2. The van der Waals surface area contributed by atoms with Crippen LogP contribution in [-0.4, -0.2) is 30.8 Å². The molecule has 3 aromatic rings. The number of nitrogens with zero attached hydrogens (tertiary/aromatic N) is 4. The molecular weight excluding hydrogens is 460 g/mol. The molecule has 7 heteroatoms. The number of rotatable bonds is 2. The zero-order chi connectivity index (χ0) is 15.1. The van der Waals surface area contributed by atoms with E-state index in [1.54, 1.807) is 23.0 Å². The van der Waals surface area contributed by atoms with Crippen molar-refractivity contribution in [2.45, 2.75) is 0 Å². The number of hydrogen-bond donors (Lipinski definition) is 1. The number of aromatic carboxylic acids is 1. The SMILES string of the molecule is Cn1cc(-c2ccccn2)[c-]n1.O=C(O)c1ccccn1.[Ir]. The van der Waals surface area contributed by atoms with Crippen molar-refractivity contribution >= 4 is 5.97 Å². The van der Waals surface area contributed by atoms with Crippen molar-refractivity contribution in [3.05, 3.63) is 66.9 Å². The smallest absolute Gasteiger partial charge is 0.354 e. The van der Waals surface area contributed by atoms with Crippen LogP contribution in [0.15, 0.2) is 55.0 Å². The Balaban J connectivity index is 0.000000219. The molecule has 0 amide bonds. The number of aryl methyl sites for hydroxylation is 1. The van der Waals surface area contributed by atoms with Gasteiger partial charge < -0.3 is 14.8 Å². The summed E-state index contributed by atoms with van der Waals surface area (Å²) in [6.45, 7) is 0. The third kappa shape index (κ3) is 5.20. The van der Waals surface area contributed by atoms with E-state index in [0.717, 1.165) is 11.3 Å². The molecule has 1 N–H and O–H groups in total. The van der Waals surface area contributed by atoms with Crippen molar-refractivity contribution in [1.29, 1.82) is 0 Å². The Kier molecular flexibility index (Phi) is 7.08. The Morgan fingerprint density at radius 3 is 2.23 bits per heavy atom. The standard InChI is InChI=1S/C9H8N3.C6H5NO2.Ir/c1-12-7-8(6-11-12)9-4-2-3-5-10-9;8-6(9)5-3-1-2-4-7-5;/h2-5,7H,1H3;1-4H,(H,8,9);/q-1;;. The summed E-state index contributed by atoms with van der Waals surface area (Å²) in [5.74, 6) is -0.990. The van der Waals surface area contributed by atoms with E-state index in [0.29, 0.717) is 0 Å². The minimum Gasteiger partial charge on any atom is -0.477 e. The molecule has 0 saturated heterocycles. The molecule has 0 aromatic carbocycles. The van der Waals surface area contributed by atoms with E-state index in [4.69, 9.17) is 5.11 Å². The van der Waals surface area contributed by atoms with E-state index >= 15 is 0 Å². The van der Waals surface area contributed by atoms with E-state index < -0.39 is 5.97 Å². The van der Waals surface area contributed by atoms with Gasteiger partial charge in [0.1, 0.15) is 5.69 Å². The maximum absolute atomic E-state index is 10.1. The first-order valence-electron chi connectivity index (χ1n) is 6.14. The van der Waals surface area contributed by atoms with Gasteiger partial charge in [-0.3, -0.25) is 5.10 Å². The second-order valence-corrected chi connectivity index (χ2v) is 4.06. The zero-order valence-corrected chi connectivity index (χ0v) is 14.1. The number of aromatic nitrogens is 4. The minimum absolute atomic E-state index is 0. The van der Waals surface area contributed by atoms with Crippen molar-refractivity contribution in [2.24, 2.45) is 7.05 Å². The summed E-state index contributed by atoms with van der Waals surface area (Å²) in [5.41, 5.74) is 1.92. The van der Waals surface area contributed by atoms with Crippen LogP contribution in [0.25, 0.3) is 11.3 Å². The summed E-state index contributed by atoms with van der Waals surface area (Å²) in [6, 6.07) is 10.5. The number of carbonyl (C=O) groups is 1. The molecular formula is C15H13IrN4O2-. The molecule has 3 heterocycles. The Morgan fingerprint density at radius 2 is 1.82 bits per heavy atom. The van der Waals surface area contributed by atoms with Gasteiger partial charge in [0.25, 0.3) is 0 Å². The summed E-state index contributed by atoms with van der Waals surface area (Å²) in [4.78, 5) is 17.9. The van der Waals surface area contributed by atoms with Crippen molar-refractivity contribution in [3.63, 3.8) is 0 Å². The van der Waals surface area contributed by atoms with Gasteiger partial charge in [0, 0.05) is 39.5 Å². The first-order valence-corrected chi connectivity index (χ1v) is 6.14. The molecule has 0 bridgehead atoms. The molecule has 1 radical (unpaired) electrons. The van der Waals surface area contributed by atoms with Crippen LogP contribution in [0, 0.1) is 6.20 Å². The van der Waals surface area contributed by atoms with Crippen molar-refractivity contribution in [1.82, 2.24) is 19.7 Å². The second kappa shape index (κ2) is 8.81. The van der Waals surface area contributed by atoms with Crippen LogP contribution in [0.3, 0.4) is 0 Å². The van der Waals surface area contributed by atoms with Crippen LogP contribution in [0.4, 0.5) is 0 Å². The quantitative estimate of drug-likeness (QED) is 0.577. The molecule has 0 fully saturated rings. The molecule has 0 aliphatic heterocycles. The van der Waals surface area contributed by atoms with Crippen LogP contribution >= 0.6 is 0 Å². The van der Waals surface area contributed by atoms with Gasteiger partial charge in [-0.15, -0.1) is 5.56 Å². The fraction of sp³-hybridized carbons (Fsp3) is 0.0667. The van der Waals surface area contributed by atoms with Gasteiger partial charge in [-0.05, 0) is 30.1 Å². The maximum atomic E-state index is 10.1. The van der Waals surface area contributed by atoms with Crippen molar-refractivity contribution in [3.8, 4) is 11.3 Å². The molecule has 6 nitrogen and oxygen atoms in total. The van der Waals surface area contributed by atoms with Gasteiger partial charge in [0.05, 0.1) is 0 Å². The third-order valence-corrected chi connectivity index (χ3v) is 2.47. The molecule has 0 aliphatic rings. The Labute approximate surface area is 141 Å². The average molecular weight is 474 g/mol. The van der Waals surface area contributed by atoms with E-state index in [-0.39, 0.29) is 25.8 Å². The summed E-state index contributed by atoms with van der Waals surface area (Å²) in [6.07, 6.45) is 7.97. The van der Waals surface area contributed by atoms with E-state index in [1.807, 2.05) is 31.4 Å². The normalized spacial score (nSPS) is 9.14. The van der Waals surface area contributed by atoms with Crippen LogP contribution < -0.4 is 0 Å². The average Bonchev–Trinajstić information content (AvgIpc) is 2.96. The number of carboxylic acid groups (broad SMARTS) is 1. The first kappa shape index (κ1) is 17.7. The fourth-order valence-corrected chi connectivity index (χ4v) is 1.51. The number of pyridine rings is 2. The second-order valence-electron chi connectivity index (χ2n) is 4.06. The Bertz CT molecular complexity index is 702. The van der Waals surface area contributed by atoms with Gasteiger partial charge in [-0.2, -0.15) is 0 Å². The minimum atomic E-state index is -0.990. The molecule has 0 saturated carbocycles. The van der Waals surface area contributed by atoms with Gasteiger partial charge in [0.2, 0.25) is 0 Å². The largest absolute Gasteiger partial charge is 0.477 e. The summed E-state index contributed by atoms with van der Waals surface area (Å²) >= 11 is 0. The maximum Gasteiger partial charge on any atom is 0.354 e. The van der Waals surface area contributed by atoms with Crippen molar-refractivity contribution in [2.75, 3.05) is 0 Å². The van der Waals surface area contributed by atoms with Crippen LogP contribution in [0.1, 0.15) is 10.5 Å². The zero-order valence-electron chi connectivity index (χ0n) is 11.7. The number of carboxylic acids is 1. The predicted octanol–water partition coefficient (Wildman–Crippen LogP) is 2.06. The van der Waals surface area contributed by atoms with E-state index in [1.165, 1.54) is 12.3 Å². The van der Waals surface area contributed by atoms with Crippen LogP contribution in [0.2, 0.25) is 0 Å². The molecule has 0 unspecified atom stereocenters. The molecule has 115 valence electrons. The van der Waals surface area contributed by atoms with Crippen LogP contribution in [0.5, 0.6) is 0 Å². The molecule has 3 rings (SSSR count). The Morgan fingerprint density at radius 1 is 1.14 bits per heavy atom. The van der Waals surface area contributed by atoms with Gasteiger partial charge in [-0.1, -0.05) is 24.4 Å². The van der Waals surface area contributed by atoms with Gasteiger partial charge in [0.15, 0.2) is 0 Å². The van der Waals surface area contributed by atoms with E-state index in [2.05, 4.69) is 21.3 Å². The van der Waals surface area contributed by atoms with Gasteiger partial charge >= 0.3 is 5.97 Å². The topological polar surface area (TPSA) is 80.9 Å². The summed E-state index contributed by atoms with van der Waals surface area (Å²) in [7, 11) is 1.86. The fourth-order valence-electron chi connectivity index (χ4n) is 1.51. The monoisotopic (exact) mass is 474 g/mol. The third-order valence-electron chi connectivity index (χ3n) is 2.47. The van der Waals surface area contributed by atoms with Crippen LogP contribution in [-0.2, 0) is 27.2 Å².